The summed E-state index contributed by atoms with van der Waals surface area (Å²) in [5.41, 5.74) is 11.9. The highest BCUT2D eigenvalue weighted by Crippen LogP contribution is 2.30. The van der Waals surface area contributed by atoms with Crippen LogP contribution in [0.15, 0.2) is 72.4 Å². The number of hydrogen-bond acceptors (Lipinski definition) is 6. The van der Waals surface area contributed by atoms with Crippen molar-refractivity contribution in [2.75, 3.05) is 13.1 Å². The number of amidine groups is 1. The molecule has 9 nitrogen and oxygen atoms in total. The maximum atomic E-state index is 13.9. The topological polar surface area (TPSA) is 125 Å². The Hall–Kier alpha value is -4.70. The van der Waals surface area contributed by atoms with E-state index in [1.165, 1.54) is 12.1 Å². The van der Waals surface area contributed by atoms with Crippen molar-refractivity contribution in [3.05, 3.63) is 78.9 Å². The Kier molecular flexibility index (Phi) is 5.57. The summed E-state index contributed by atoms with van der Waals surface area (Å²) < 4.78 is 13.9. The van der Waals surface area contributed by atoms with Crippen LogP contribution in [-0.2, 0) is 0 Å². The molecule has 0 bridgehead atoms. The molecule has 0 aliphatic carbocycles. The number of fused-ring (bicyclic) bond motifs is 2. The number of imidazole rings is 1. The molecule has 0 atom stereocenters. The minimum atomic E-state index is -0.332. The molecule has 4 N–H and O–H groups in total. The molecule has 5 heterocycles. The number of nitrogens with one attached hydrogen (secondary N) is 2. The second-order valence-electron chi connectivity index (χ2n) is 8.83. The normalized spacial score (nSPS) is 14.9. The minimum absolute atomic E-state index is 0.155. The summed E-state index contributed by atoms with van der Waals surface area (Å²) in [6.07, 6.45) is 5.31. The molecule has 0 saturated carbocycles. The van der Waals surface area contributed by atoms with Gasteiger partial charge in [0.15, 0.2) is 11.5 Å². The van der Waals surface area contributed by atoms with Gasteiger partial charge >= 0.3 is 0 Å². The number of aliphatic imine (C=N–C) groups is 1. The highest BCUT2D eigenvalue weighted by molar-refractivity contribution is 5.98. The summed E-state index contributed by atoms with van der Waals surface area (Å²) in [5, 5.41) is 7.52. The summed E-state index contributed by atoms with van der Waals surface area (Å²) in [5.74, 6) is 0.961. The molecular formula is C27H24FN9. The smallest absolute Gasteiger partial charge is 0.161 e. The Bertz CT molecular complexity index is 1710. The van der Waals surface area contributed by atoms with E-state index in [0.29, 0.717) is 45.2 Å². The van der Waals surface area contributed by atoms with E-state index in [2.05, 4.69) is 31.6 Å². The van der Waals surface area contributed by atoms with Crippen LogP contribution in [0.4, 0.5) is 4.39 Å². The number of allylic oxidation sites excluding steroid dienone is 1. The van der Waals surface area contributed by atoms with E-state index < -0.39 is 0 Å². The lowest BCUT2D eigenvalue weighted by Gasteiger charge is -2.38. The molecule has 0 unspecified atom stereocenters. The lowest BCUT2D eigenvalue weighted by molar-refractivity contribution is 0.256. The van der Waals surface area contributed by atoms with Crippen LogP contribution in [0.1, 0.15) is 12.6 Å². The Morgan fingerprint density at radius 1 is 1.14 bits per heavy atom. The van der Waals surface area contributed by atoms with Crippen LogP contribution in [0.3, 0.4) is 0 Å². The number of benzene rings is 1. The van der Waals surface area contributed by atoms with Gasteiger partial charge in [-0.2, -0.15) is 5.10 Å². The molecule has 1 fully saturated rings. The number of halogens is 1. The molecule has 1 aliphatic heterocycles. The number of rotatable bonds is 5. The number of aromatic amines is 2. The predicted octanol–water partition coefficient (Wildman–Crippen LogP) is 4.29. The first-order valence-corrected chi connectivity index (χ1v) is 11.9. The van der Waals surface area contributed by atoms with Crippen LogP contribution >= 0.6 is 0 Å². The van der Waals surface area contributed by atoms with Gasteiger partial charge in [0.1, 0.15) is 22.7 Å². The van der Waals surface area contributed by atoms with Gasteiger partial charge in [-0.25, -0.2) is 19.4 Å². The minimum Gasteiger partial charge on any atom is -0.353 e. The van der Waals surface area contributed by atoms with Gasteiger partial charge in [0.25, 0.3) is 0 Å². The summed E-state index contributed by atoms with van der Waals surface area (Å²) in [6.45, 7) is 7.32. The van der Waals surface area contributed by atoms with Gasteiger partial charge in [0, 0.05) is 30.9 Å². The third kappa shape index (κ3) is 4.07. The molecule has 1 saturated heterocycles. The molecule has 0 spiro atoms. The molecule has 1 aliphatic rings. The van der Waals surface area contributed by atoms with Gasteiger partial charge in [-0.3, -0.25) is 10.1 Å². The summed E-state index contributed by atoms with van der Waals surface area (Å²) >= 11 is 0. The lowest BCUT2D eigenvalue weighted by atomic mass is 10.1. The molecular weight excluding hydrogens is 469 g/mol. The van der Waals surface area contributed by atoms with Crippen molar-refractivity contribution in [3.63, 3.8) is 0 Å². The Labute approximate surface area is 211 Å². The molecule has 6 rings (SSSR count). The maximum Gasteiger partial charge on any atom is 0.161 e. The first-order valence-electron chi connectivity index (χ1n) is 11.9. The van der Waals surface area contributed by atoms with Gasteiger partial charge in [-0.05, 0) is 43.3 Å². The summed E-state index contributed by atoms with van der Waals surface area (Å²) in [4.78, 5) is 24.3. The Morgan fingerprint density at radius 3 is 2.73 bits per heavy atom. The zero-order chi connectivity index (χ0) is 25.5. The Balaban J connectivity index is 1.41. The van der Waals surface area contributed by atoms with E-state index in [1.807, 2.05) is 37.3 Å². The first kappa shape index (κ1) is 22.7. The number of likely N-dealkylation sites (tertiary alicyclic amines) is 1. The van der Waals surface area contributed by atoms with Crippen molar-refractivity contribution in [2.24, 2.45) is 10.7 Å². The predicted molar refractivity (Wildman–Crippen MR) is 143 cm³/mol. The summed E-state index contributed by atoms with van der Waals surface area (Å²) in [6, 6.07) is 12.1. The zero-order valence-corrected chi connectivity index (χ0v) is 20.1. The number of nitrogens with two attached hydrogens (primary N) is 1. The molecule has 1 aromatic carbocycles. The van der Waals surface area contributed by atoms with Crippen LogP contribution in [0.5, 0.6) is 0 Å². The average molecular weight is 494 g/mol. The number of nitrogens with zero attached hydrogens (tertiary/aromatic N) is 6. The summed E-state index contributed by atoms with van der Waals surface area (Å²) in [7, 11) is 0. The fourth-order valence-corrected chi connectivity index (χ4v) is 4.44. The van der Waals surface area contributed by atoms with Crippen molar-refractivity contribution in [1.29, 1.82) is 0 Å². The van der Waals surface area contributed by atoms with Crippen LogP contribution in [0, 0.1) is 5.82 Å². The van der Waals surface area contributed by atoms with Crippen molar-refractivity contribution < 1.29 is 4.39 Å². The standard InChI is InChI=1S/C27H24FN9/c1-3-18(31-22(4-2)37-13-17(29)14-37)19-8-9-21-25(32-19)26(36-35-21)27-33-20-10-11-30-23(24(20)34-27)15-6-5-7-16(28)12-15/h3-12,17H,2,13-14,29H2,1H3,(H,33,34)(H,35,36)/b18-3-,31-22+. The van der Waals surface area contributed by atoms with Crippen molar-refractivity contribution in [3.8, 4) is 22.8 Å². The highest BCUT2D eigenvalue weighted by Gasteiger charge is 2.25. The lowest BCUT2D eigenvalue weighted by Crippen LogP contribution is -2.57. The molecule has 184 valence electrons. The first-order chi connectivity index (χ1) is 18.0. The molecule has 37 heavy (non-hydrogen) atoms. The molecule has 4 aromatic heterocycles. The third-order valence-corrected chi connectivity index (χ3v) is 6.32. The van der Waals surface area contributed by atoms with Crippen molar-refractivity contribution in [2.45, 2.75) is 13.0 Å². The second-order valence-corrected chi connectivity index (χ2v) is 8.83. The highest BCUT2D eigenvalue weighted by atomic mass is 19.1. The van der Waals surface area contributed by atoms with Crippen molar-refractivity contribution in [1.82, 2.24) is 35.0 Å². The number of H-pyrrole nitrogens is 2. The van der Waals surface area contributed by atoms with Gasteiger partial charge in [-0.15, -0.1) is 0 Å². The van der Waals surface area contributed by atoms with E-state index in [-0.39, 0.29) is 11.9 Å². The quantitative estimate of drug-likeness (QED) is 0.248. The molecule has 10 heteroatoms. The van der Waals surface area contributed by atoms with Crippen LogP contribution in [-0.4, -0.2) is 60.0 Å². The largest absolute Gasteiger partial charge is 0.353 e. The zero-order valence-electron chi connectivity index (χ0n) is 20.1. The fourth-order valence-electron chi connectivity index (χ4n) is 4.44. The van der Waals surface area contributed by atoms with E-state index >= 15 is 0 Å². The van der Waals surface area contributed by atoms with Crippen LogP contribution in [0.25, 0.3) is 50.5 Å². The van der Waals surface area contributed by atoms with Gasteiger partial charge in [0.05, 0.1) is 28.1 Å². The van der Waals surface area contributed by atoms with Crippen molar-refractivity contribution >= 4 is 33.6 Å². The number of aromatic nitrogens is 6. The molecule has 5 aromatic rings. The van der Waals surface area contributed by atoms with E-state index in [9.17, 15) is 4.39 Å². The molecule has 0 radical (unpaired) electrons. The van der Waals surface area contributed by atoms with Gasteiger partial charge in [-0.1, -0.05) is 24.8 Å². The average Bonchev–Trinajstić information content (AvgIpc) is 3.51. The van der Waals surface area contributed by atoms with E-state index in [0.717, 1.165) is 30.0 Å². The van der Waals surface area contributed by atoms with E-state index in [4.69, 9.17) is 20.7 Å². The molecule has 0 amide bonds. The SMILES string of the molecule is C=C/C(=N\C(=C/C)c1ccc2[nH]nc(-c3nc4c(-c5cccc(F)c5)nccc4[nH]3)c2n1)N1CC(N)C1. The van der Waals surface area contributed by atoms with Crippen LogP contribution in [0.2, 0.25) is 0 Å². The maximum absolute atomic E-state index is 13.9. The fraction of sp³-hybridized carbons (Fsp3) is 0.148. The number of pyridine rings is 2. The van der Waals surface area contributed by atoms with Crippen LogP contribution < -0.4 is 5.73 Å². The van der Waals surface area contributed by atoms with Gasteiger partial charge < -0.3 is 15.6 Å². The number of hydrogen-bond donors (Lipinski definition) is 3. The monoisotopic (exact) mass is 493 g/mol. The second kappa shape index (κ2) is 9.07. The van der Waals surface area contributed by atoms with Gasteiger partial charge in [0.2, 0.25) is 0 Å². The third-order valence-electron chi connectivity index (χ3n) is 6.32. The van der Waals surface area contributed by atoms with E-state index in [1.54, 1.807) is 18.3 Å². The Morgan fingerprint density at radius 2 is 1.97 bits per heavy atom.